The van der Waals surface area contributed by atoms with Crippen molar-refractivity contribution in [2.24, 2.45) is 0 Å². The third-order valence-electron chi connectivity index (χ3n) is 22.9. The highest BCUT2D eigenvalue weighted by Gasteiger charge is 2.30. The topological polar surface area (TPSA) is 75.2 Å². The average Bonchev–Trinajstić information content (AvgIpc) is 1.52. The Bertz CT molecular complexity index is 8090. The molecular weight excluding hydrogens is 1260 g/mol. The summed E-state index contributed by atoms with van der Waals surface area (Å²) < 4.78 is 12.2. The first-order valence-electron chi connectivity index (χ1n) is 35.3. The Morgan fingerprint density at radius 1 is 0.204 bits per heavy atom. The van der Waals surface area contributed by atoms with E-state index in [9.17, 15) is 0 Å². The van der Waals surface area contributed by atoms with Gasteiger partial charge in [0.2, 0.25) is 5.95 Å². The van der Waals surface area contributed by atoms with Crippen LogP contribution in [0.15, 0.2) is 309 Å². The standard InChI is InChI=1S/C94H51N9/c1-4-24-58-52(21-1)43-45-79-83(58)87-81(50-69-61-27-9-15-35-73(61)99-77-39-19-11-31-65(77)85(87)89(69)99)101(79)92-63-29-5-13-33-71(63)95-91(97-92)56-47-54-22-2-3-23-57(54)67(49-56)55-42-41-53-44-46-80-84(68(53)48-55)88-82(51-70-62-28-10-16-36-74(62)100-78-40-20-12-32-66(78)86(88)90(70)100)102(80)93-64-30-6-14-34-72(64)96-94(98-93)103-75-37-17-7-25-59(75)60-26-8-18-38-76(60)103/h1-51H. The number of rotatable bonds is 5. The van der Waals surface area contributed by atoms with Crippen molar-refractivity contribution in [3.8, 4) is 40.1 Å². The van der Waals surface area contributed by atoms with E-state index in [2.05, 4.69) is 332 Å². The molecule has 0 saturated heterocycles. The van der Waals surface area contributed by atoms with Gasteiger partial charge in [-0.05, 0) is 147 Å². The molecule has 0 atom stereocenters. The van der Waals surface area contributed by atoms with E-state index in [1.807, 2.05) is 0 Å². The number of hydrogen-bond donors (Lipinski definition) is 0. The molecule has 9 aromatic heterocycles. The second-order valence-corrected chi connectivity index (χ2v) is 27.9. The summed E-state index contributed by atoms with van der Waals surface area (Å²) in [6, 6.07) is 114. The summed E-state index contributed by atoms with van der Waals surface area (Å²) in [5.74, 6) is 2.90. The normalized spacial score (nSPS) is 12.7. The molecule has 472 valence electrons. The largest absolute Gasteiger partial charge is 0.308 e. The SMILES string of the molecule is c1ccc2c(-c3ccc4ccc5c(c4c3)c3c4c6ccccc6n6c7ccccc7c(cc3n5-c3nc(-n5c7ccccc7c7ccccc75)nc5ccccc35)c46)cc(-c3nc(-n4c5ccc6ccccc6c5c5c6c7ccccc7n7c8ccccc8c(cc54)c67)c4ccccc4n3)cc2c1. The molecule has 0 radical (unpaired) electrons. The molecule has 9 heteroatoms. The molecule has 25 rings (SSSR count). The maximum Gasteiger partial charge on any atom is 0.237 e. The molecule has 0 aliphatic carbocycles. The van der Waals surface area contributed by atoms with Crippen LogP contribution in [0.2, 0.25) is 0 Å². The fraction of sp³-hybridized carbons (Fsp3) is 0. The molecule has 0 saturated carbocycles. The molecule has 16 aromatic carbocycles. The van der Waals surface area contributed by atoms with Crippen molar-refractivity contribution < 1.29 is 0 Å². The van der Waals surface area contributed by atoms with Gasteiger partial charge in [-0.2, -0.15) is 4.98 Å². The average molecular weight is 1310 g/mol. The van der Waals surface area contributed by atoms with E-state index in [0.29, 0.717) is 11.8 Å². The Balaban J connectivity index is 0.768. The van der Waals surface area contributed by atoms with Gasteiger partial charge in [0.1, 0.15) is 5.82 Å². The van der Waals surface area contributed by atoms with Crippen LogP contribution in [0.3, 0.4) is 0 Å². The minimum atomic E-state index is 0.612. The second-order valence-electron chi connectivity index (χ2n) is 27.9. The second kappa shape index (κ2) is 19.5. The zero-order chi connectivity index (χ0) is 66.6. The van der Waals surface area contributed by atoms with Gasteiger partial charge >= 0.3 is 0 Å². The molecule has 0 aliphatic rings. The number of fused-ring (bicyclic) bond motifs is 30. The Hall–Kier alpha value is -14.0. The minimum Gasteiger partial charge on any atom is -0.308 e. The number of hydrogen-bond acceptors (Lipinski definition) is 4. The maximum absolute atomic E-state index is 5.92. The van der Waals surface area contributed by atoms with Gasteiger partial charge in [-0.3, -0.25) is 13.7 Å². The highest BCUT2D eigenvalue weighted by atomic mass is 15.2. The predicted octanol–water partition coefficient (Wildman–Crippen LogP) is 24.0. The van der Waals surface area contributed by atoms with E-state index in [4.69, 9.17) is 19.9 Å². The lowest BCUT2D eigenvalue weighted by molar-refractivity contribution is 0.973. The van der Waals surface area contributed by atoms with E-state index in [1.165, 1.54) is 103 Å². The molecule has 103 heavy (non-hydrogen) atoms. The van der Waals surface area contributed by atoms with E-state index in [0.717, 1.165) is 121 Å². The van der Waals surface area contributed by atoms with Crippen LogP contribution in [0.1, 0.15) is 0 Å². The van der Waals surface area contributed by atoms with Crippen molar-refractivity contribution >= 4 is 196 Å². The fourth-order valence-electron chi connectivity index (χ4n) is 18.7. The zero-order valence-corrected chi connectivity index (χ0v) is 55.0. The van der Waals surface area contributed by atoms with Crippen molar-refractivity contribution in [3.63, 3.8) is 0 Å². The Morgan fingerprint density at radius 3 is 1.19 bits per heavy atom. The van der Waals surface area contributed by atoms with E-state index in [-0.39, 0.29) is 0 Å². The first-order valence-corrected chi connectivity index (χ1v) is 35.3. The molecule has 0 spiro atoms. The summed E-state index contributed by atoms with van der Waals surface area (Å²) >= 11 is 0. The minimum absolute atomic E-state index is 0.612. The summed E-state index contributed by atoms with van der Waals surface area (Å²) in [5, 5.41) is 25.7. The highest BCUT2D eigenvalue weighted by molar-refractivity contribution is 6.40. The van der Waals surface area contributed by atoms with E-state index >= 15 is 0 Å². The van der Waals surface area contributed by atoms with Crippen LogP contribution in [0.5, 0.6) is 0 Å². The molecule has 25 aromatic rings. The van der Waals surface area contributed by atoms with Gasteiger partial charge in [0.15, 0.2) is 11.6 Å². The van der Waals surface area contributed by atoms with Gasteiger partial charge in [-0.25, -0.2) is 15.0 Å². The van der Waals surface area contributed by atoms with Gasteiger partial charge in [-0.15, -0.1) is 0 Å². The van der Waals surface area contributed by atoms with Crippen molar-refractivity contribution in [1.82, 2.24) is 42.4 Å². The smallest absolute Gasteiger partial charge is 0.237 e. The third-order valence-corrected chi connectivity index (χ3v) is 22.9. The third kappa shape index (κ3) is 6.90. The molecule has 9 heterocycles. The monoisotopic (exact) mass is 1310 g/mol. The lowest BCUT2D eigenvalue weighted by Crippen LogP contribution is -2.07. The molecule has 0 amide bonds. The first-order chi connectivity index (χ1) is 51.1. The van der Waals surface area contributed by atoms with Gasteiger partial charge in [-0.1, -0.05) is 206 Å². The summed E-state index contributed by atoms with van der Waals surface area (Å²) in [5.41, 5.74) is 18.5. The highest BCUT2D eigenvalue weighted by Crippen LogP contribution is 2.52. The van der Waals surface area contributed by atoms with Crippen LogP contribution >= 0.6 is 0 Å². The van der Waals surface area contributed by atoms with Crippen LogP contribution < -0.4 is 0 Å². The number of para-hydroxylation sites is 8. The molecule has 0 unspecified atom stereocenters. The van der Waals surface area contributed by atoms with E-state index in [1.54, 1.807) is 0 Å². The van der Waals surface area contributed by atoms with Crippen LogP contribution in [-0.2, 0) is 0 Å². The fourth-order valence-corrected chi connectivity index (χ4v) is 18.7. The van der Waals surface area contributed by atoms with Crippen molar-refractivity contribution in [2.75, 3.05) is 0 Å². The van der Waals surface area contributed by atoms with Crippen LogP contribution in [0, 0.1) is 0 Å². The molecule has 0 N–H and O–H groups in total. The first kappa shape index (κ1) is 54.0. The Kier molecular flexibility index (Phi) is 10.2. The zero-order valence-electron chi connectivity index (χ0n) is 55.0. The lowest BCUT2D eigenvalue weighted by atomic mass is 9.92. The van der Waals surface area contributed by atoms with Crippen LogP contribution in [-0.4, -0.2) is 42.4 Å². The maximum atomic E-state index is 5.92. The summed E-state index contributed by atoms with van der Waals surface area (Å²) in [7, 11) is 0. The van der Waals surface area contributed by atoms with Crippen LogP contribution in [0.4, 0.5) is 0 Å². The van der Waals surface area contributed by atoms with Crippen molar-refractivity contribution in [2.45, 2.75) is 0 Å². The van der Waals surface area contributed by atoms with Gasteiger partial charge in [0.05, 0.1) is 77.2 Å². The summed E-state index contributed by atoms with van der Waals surface area (Å²) in [6.45, 7) is 0. The summed E-state index contributed by atoms with van der Waals surface area (Å²) in [6.07, 6.45) is 0. The van der Waals surface area contributed by atoms with Crippen LogP contribution in [0.25, 0.3) is 236 Å². The Morgan fingerprint density at radius 2 is 0.621 bits per heavy atom. The molecule has 0 aliphatic heterocycles. The van der Waals surface area contributed by atoms with E-state index < -0.39 is 0 Å². The molecular formula is C94H51N9. The van der Waals surface area contributed by atoms with Gasteiger partial charge < -0.3 is 8.80 Å². The van der Waals surface area contributed by atoms with Crippen molar-refractivity contribution in [3.05, 3.63) is 309 Å². The van der Waals surface area contributed by atoms with Gasteiger partial charge in [0.25, 0.3) is 0 Å². The molecule has 9 nitrogen and oxygen atoms in total. The lowest BCUT2D eigenvalue weighted by Gasteiger charge is -2.15. The number of aromatic nitrogens is 9. The number of benzene rings is 16. The number of nitrogens with zero attached hydrogens (tertiary/aromatic N) is 9. The molecule has 0 fully saturated rings. The van der Waals surface area contributed by atoms with Gasteiger partial charge in [0, 0.05) is 91.7 Å². The quantitative estimate of drug-likeness (QED) is 0.172. The molecule has 0 bridgehead atoms. The van der Waals surface area contributed by atoms with Crippen molar-refractivity contribution in [1.29, 1.82) is 0 Å². The predicted molar refractivity (Wildman–Crippen MR) is 428 cm³/mol. The summed E-state index contributed by atoms with van der Waals surface area (Å²) in [4.78, 5) is 22.9. The Labute approximate surface area is 584 Å².